The van der Waals surface area contributed by atoms with Crippen LogP contribution in [0.2, 0.25) is 0 Å². The first-order valence-electron chi connectivity index (χ1n) is 19.9. The predicted molar refractivity (Wildman–Crippen MR) is 215 cm³/mol. The number of aromatic nitrogens is 2. The Morgan fingerprint density at radius 1 is 0.542 bits per heavy atom. The van der Waals surface area contributed by atoms with Crippen LogP contribution in [-0.4, -0.2) is 44.8 Å². The van der Waals surface area contributed by atoms with Crippen molar-refractivity contribution in [3.63, 3.8) is 0 Å². The molecule has 2 aliphatic heterocycles. The molecule has 12 nitrogen and oxygen atoms in total. The maximum atomic E-state index is 12.3. The lowest BCUT2D eigenvalue weighted by atomic mass is 9.93. The van der Waals surface area contributed by atoms with Gasteiger partial charge in [0.2, 0.25) is 0 Å². The molecular weight excluding hydrogens is 753 g/mol. The van der Waals surface area contributed by atoms with E-state index in [9.17, 15) is 29.7 Å². The summed E-state index contributed by atoms with van der Waals surface area (Å²) in [6, 6.07) is 19.2. The quantitative estimate of drug-likeness (QED) is 0.0580. The zero-order valence-corrected chi connectivity index (χ0v) is 33.1. The van der Waals surface area contributed by atoms with Gasteiger partial charge in [-0.05, 0) is 86.1 Å². The van der Waals surface area contributed by atoms with Crippen molar-refractivity contribution >= 4 is 17.9 Å². The minimum Gasteiger partial charge on any atom is -0.502 e. The summed E-state index contributed by atoms with van der Waals surface area (Å²) in [6.07, 6.45) is 22.5. The maximum absolute atomic E-state index is 12.3. The number of rotatable bonds is 6. The van der Waals surface area contributed by atoms with Crippen LogP contribution in [-0.2, 0) is 33.3 Å². The Kier molecular flexibility index (Phi) is 12.0. The summed E-state index contributed by atoms with van der Waals surface area (Å²) >= 11 is 0. The summed E-state index contributed by atoms with van der Waals surface area (Å²) in [6.45, 7) is 4.01. The number of carbonyl (C=O) groups is 3. The second-order valence-corrected chi connectivity index (χ2v) is 15.2. The first kappa shape index (κ1) is 40.5. The molecule has 4 aromatic rings. The molecule has 0 atom stereocenters. The van der Waals surface area contributed by atoms with Gasteiger partial charge < -0.3 is 34.3 Å². The Hall–Kier alpha value is -6.69. The molecule has 3 fully saturated rings. The first-order chi connectivity index (χ1) is 28.4. The van der Waals surface area contributed by atoms with Crippen LogP contribution in [0, 0.1) is 13.8 Å². The fourth-order valence-electron chi connectivity index (χ4n) is 7.59. The molecule has 8 rings (SSSR count). The Morgan fingerprint density at radius 3 is 1.44 bits per heavy atom. The average molecular weight is 801 g/mol. The number of ether oxygens (including phenoxy) is 4. The van der Waals surface area contributed by atoms with Gasteiger partial charge in [-0.1, -0.05) is 43.2 Å². The number of hydrogen-bond donors (Lipinski definition) is 3. The predicted octanol–water partition coefficient (Wildman–Crippen LogP) is 7.72. The van der Waals surface area contributed by atoms with Crippen molar-refractivity contribution in [3.05, 3.63) is 144 Å². The van der Waals surface area contributed by atoms with Gasteiger partial charge in [0.25, 0.3) is 28.9 Å². The Balaban J connectivity index is 0.000000180. The van der Waals surface area contributed by atoms with Crippen LogP contribution >= 0.6 is 0 Å². The molecule has 0 radical (unpaired) electrons. The molecule has 2 spiro atoms. The summed E-state index contributed by atoms with van der Waals surface area (Å²) in [5.41, 5.74) is 5.56. The van der Waals surface area contributed by atoms with Gasteiger partial charge in [0.1, 0.15) is 11.1 Å². The van der Waals surface area contributed by atoms with Crippen LogP contribution < -0.4 is 9.13 Å². The number of carbonyl (C=O) groups excluding carboxylic acids is 3. The Morgan fingerprint density at radius 2 is 0.983 bits per heavy atom. The standard InChI is InChI=1S/C24H20N2O2.C23H26O8/c1-17-3-5-23(27)21(15-17)25-11-7-19(8-12-25)20-9-13-26(14-10-20)22-16-18(2)4-6-24(22)28;24-18-16(19(25)29-22(28-18)12-6-2-7-13-22)10-4-1-5-11-17-20(26)30-23(31-21(17)27)14-8-3-9-15-23/h3-16H,1-2H3;1,4-5,10-11,24H,2-3,6-9,12-15H2/p+2/b;5-1+,10-4+. The highest BCUT2D eigenvalue weighted by molar-refractivity contribution is 6.15. The van der Waals surface area contributed by atoms with Crippen molar-refractivity contribution in [1.29, 1.82) is 0 Å². The molecule has 4 heterocycles. The molecular formula is C47H48N2O10+2. The van der Waals surface area contributed by atoms with E-state index in [1.165, 1.54) is 30.4 Å². The van der Waals surface area contributed by atoms with E-state index in [1.54, 1.807) is 12.1 Å². The molecule has 59 heavy (non-hydrogen) atoms. The summed E-state index contributed by atoms with van der Waals surface area (Å²) in [5.74, 6) is -4.18. The number of aromatic hydroxyl groups is 2. The smallest absolute Gasteiger partial charge is 0.348 e. The maximum Gasteiger partial charge on any atom is 0.348 e. The van der Waals surface area contributed by atoms with Gasteiger partial charge in [0.05, 0.1) is 0 Å². The third-order valence-electron chi connectivity index (χ3n) is 10.8. The first-order valence-corrected chi connectivity index (χ1v) is 19.9. The molecule has 0 bridgehead atoms. The van der Waals surface area contributed by atoms with Gasteiger partial charge in [-0.25, -0.2) is 14.4 Å². The highest BCUT2D eigenvalue weighted by atomic mass is 16.8. The lowest BCUT2D eigenvalue weighted by Crippen LogP contribution is -2.47. The third kappa shape index (κ3) is 9.38. The van der Waals surface area contributed by atoms with Crippen molar-refractivity contribution in [2.45, 2.75) is 89.6 Å². The van der Waals surface area contributed by atoms with E-state index in [0.29, 0.717) is 25.7 Å². The molecule has 2 aromatic heterocycles. The zero-order chi connectivity index (χ0) is 41.6. The molecule has 4 aliphatic rings. The molecule has 2 aromatic carbocycles. The van der Waals surface area contributed by atoms with E-state index < -0.39 is 35.4 Å². The molecule has 12 heteroatoms. The van der Waals surface area contributed by atoms with E-state index in [2.05, 4.69) is 0 Å². The van der Waals surface area contributed by atoms with Gasteiger partial charge in [-0.15, -0.1) is 0 Å². The van der Waals surface area contributed by atoms with Gasteiger partial charge in [0.15, 0.2) is 36.3 Å². The van der Waals surface area contributed by atoms with E-state index >= 15 is 0 Å². The zero-order valence-electron chi connectivity index (χ0n) is 33.1. The lowest BCUT2D eigenvalue weighted by Gasteiger charge is -2.38. The molecule has 3 N–H and O–H groups in total. The number of phenolic OH excluding ortho intramolecular Hbond substituents is 2. The van der Waals surface area contributed by atoms with Gasteiger partial charge >= 0.3 is 17.9 Å². The average Bonchev–Trinajstić information content (AvgIpc) is 3.22. The molecule has 2 saturated carbocycles. The fourth-order valence-corrected chi connectivity index (χ4v) is 7.59. The van der Waals surface area contributed by atoms with E-state index in [0.717, 1.165) is 72.2 Å². The second-order valence-electron chi connectivity index (χ2n) is 15.2. The van der Waals surface area contributed by atoms with Crippen molar-refractivity contribution < 1.29 is 57.8 Å². The van der Waals surface area contributed by atoms with Crippen molar-refractivity contribution in [3.8, 4) is 34.0 Å². The molecule has 1 saturated heterocycles. The number of esters is 3. The largest absolute Gasteiger partial charge is 0.502 e. The number of pyridine rings is 2. The number of allylic oxidation sites excluding steroid dienone is 4. The van der Waals surface area contributed by atoms with Crippen molar-refractivity contribution in [2.24, 2.45) is 0 Å². The summed E-state index contributed by atoms with van der Waals surface area (Å²) in [7, 11) is 0. The van der Waals surface area contributed by atoms with E-state index in [1.807, 2.05) is 96.3 Å². The monoisotopic (exact) mass is 800 g/mol. The molecule has 2 aliphatic carbocycles. The molecule has 304 valence electrons. The summed E-state index contributed by atoms with van der Waals surface area (Å²) in [5, 5.41) is 30.4. The van der Waals surface area contributed by atoms with Crippen molar-refractivity contribution in [1.82, 2.24) is 0 Å². The molecule has 0 amide bonds. The number of benzene rings is 2. The highest BCUT2D eigenvalue weighted by Crippen LogP contribution is 2.39. The van der Waals surface area contributed by atoms with Crippen LogP contribution in [0.3, 0.4) is 0 Å². The minimum absolute atomic E-state index is 0.0933. The lowest BCUT2D eigenvalue weighted by molar-refractivity contribution is -0.596. The van der Waals surface area contributed by atoms with Gasteiger partial charge in [0, 0.05) is 62.1 Å². The van der Waals surface area contributed by atoms with E-state index in [4.69, 9.17) is 18.9 Å². The topological polar surface area (TPSA) is 157 Å². The number of aliphatic hydroxyl groups is 1. The van der Waals surface area contributed by atoms with Crippen LogP contribution in [0.15, 0.2) is 133 Å². The second kappa shape index (κ2) is 17.4. The van der Waals surface area contributed by atoms with Gasteiger partial charge in [-0.3, -0.25) is 0 Å². The van der Waals surface area contributed by atoms with Gasteiger partial charge in [-0.2, -0.15) is 9.13 Å². The Labute approximate surface area is 342 Å². The van der Waals surface area contributed by atoms with Crippen LogP contribution in [0.25, 0.3) is 22.5 Å². The Bertz CT molecular complexity index is 2230. The fraction of sp³-hybridized carbons (Fsp3) is 0.298. The van der Waals surface area contributed by atoms with Crippen molar-refractivity contribution in [2.75, 3.05) is 0 Å². The van der Waals surface area contributed by atoms with Crippen LogP contribution in [0.4, 0.5) is 0 Å². The number of aliphatic hydroxyl groups excluding tert-OH is 1. The number of phenols is 2. The van der Waals surface area contributed by atoms with Crippen LogP contribution in [0.1, 0.15) is 75.3 Å². The van der Waals surface area contributed by atoms with Crippen LogP contribution in [0.5, 0.6) is 11.5 Å². The number of hydrogen-bond acceptors (Lipinski definition) is 10. The third-order valence-corrected chi connectivity index (χ3v) is 10.8. The number of aryl methyl sites for hydroxylation is 2. The summed E-state index contributed by atoms with van der Waals surface area (Å²) in [4.78, 5) is 36.8. The SMILES string of the molecule is Cc1ccc(O)c(-[n+]2ccc(-c3cc[n+](-c4cc(C)ccc4O)cc3)cc2)c1.O=C1OC2(CCCCC2)OC(=O)C1=C/C=C/C=C/C1=C(O)OC2(CCCCC2)OC1=O. The summed E-state index contributed by atoms with van der Waals surface area (Å²) < 4.78 is 25.6. The van der Waals surface area contributed by atoms with E-state index in [-0.39, 0.29) is 22.6 Å². The highest BCUT2D eigenvalue weighted by Gasteiger charge is 2.47. The molecule has 0 unspecified atom stereocenters. The minimum atomic E-state index is -1.12. The number of nitrogens with zero attached hydrogens (tertiary/aromatic N) is 2. The normalized spacial score (nSPS) is 18.5.